The van der Waals surface area contributed by atoms with Gasteiger partial charge in [0.1, 0.15) is 0 Å². The molecule has 1 heterocycles. The highest BCUT2D eigenvalue weighted by molar-refractivity contribution is 5.89. The van der Waals surface area contributed by atoms with Gasteiger partial charge in [-0.2, -0.15) is 0 Å². The summed E-state index contributed by atoms with van der Waals surface area (Å²) in [5.74, 6) is 0.276. The molecule has 0 bridgehead atoms. The molecule has 0 spiro atoms. The maximum Gasteiger partial charge on any atom is 0.319 e. The SMILES string of the molecule is CC(CCO)CNC(=O)Nc1ccc2c(c1)CCCN2C. The summed E-state index contributed by atoms with van der Waals surface area (Å²) >= 11 is 0. The van der Waals surface area contributed by atoms with Crippen LogP contribution in [0.4, 0.5) is 16.2 Å². The molecule has 0 aromatic heterocycles. The second kappa shape index (κ2) is 7.31. The summed E-state index contributed by atoms with van der Waals surface area (Å²) in [6.45, 7) is 3.82. The van der Waals surface area contributed by atoms with E-state index < -0.39 is 0 Å². The van der Waals surface area contributed by atoms with E-state index in [-0.39, 0.29) is 18.6 Å². The van der Waals surface area contributed by atoms with E-state index >= 15 is 0 Å². The number of benzene rings is 1. The average molecular weight is 291 g/mol. The Hall–Kier alpha value is -1.75. The number of aliphatic hydroxyl groups is 1. The zero-order chi connectivity index (χ0) is 15.2. The van der Waals surface area contributed by atoms with E-state index in [4.69, 9.17) is 5.11 Å². The lowest BCUT2D eigenvalue weighted by molar-refractivity contribution is 0.243. The Balaban J connectivity index is 1.89. The Labute approximate surface area is 126 Å². The number of aryl methyl sites for hydroxylation is 1. The third-order valence-electron chi connectivity index (χ3n) is 3.92. The van der Waals surface area contributed by atoms with Crippen LogP contribution in [0.2, 0.25) is 0 Å². The molecular weight excluding hydrogens is 266 g/mol. The third kappa shape index (κ3) is 4.36. The first-order valence-electron chi connectivity index (χ1n) is 7.60. The van der Waals surface area contributed by atoms with E-state index in [1.54, 1.807) is 0 Å². The van der Waals surface area contributed by atoms with Crippen molar-refractivity contribution < 1.29 is 9.90 Å². The molecule has 0 saturated heterocycles. The summed E-state index contributed by atoms with van der Waals surface area (Å²) in [4.78, 5) is 14.1. The Morgan fingerprint density at radius 2 is 2.29 bits per heavy atom. The first kappa shape index (κ1) is 15.6. The van der Waals surface area contributed by atoms with Crippen LogP contribution >= 0.6 is 0 Å². The van der Waals surface area contributed by atoms with Gasteiger partial charge in [0.2, 0.25) is 0 Å². The first-order chi connectivity index (χ1) is 10.1. The lowest BCUT2D eigenvalue weighted by Gasteiger charge is -2.27. The molecule has 1 aliphatic rings. The van der Waals surface area contributed by atoms with Crippen molar-refractivity contribution in [3.63, 3.8) is 0 Å². The topological polar surface area (TPSA) is 64.6 Å². The molecule has 5 nitrogen and oxygen atoms in total. The molecule has 1 unspecified atom stereocenters. The van der Waals surface area contributed by atoms with Gasteiger partial charge in [0, 0.05) is 38.1 Å². The number of nitrogens with zero attached hydrogens (tertiary/aromatic N) is 1. The van der Waals surface area contributed by atoms with Crippen LogP contribution in [0.15, 0.2) is 18.2 Å². The second-order valence-electron chi connectivity index (χ2n) is 5.82. The largest absolute Gasteiger partial charge is 0.396 e. The molecule has 1 aromatic carbocycles. The number of hydrogen-bond donors (Lipinski definition) is 3. The summed E-state index contributed by atoms with van der Waals surface area (Å²) in [6.07, 6.45) is 2.91. The molecule has 116 valence electrons. The van der Waals surface area contributed by atoms with Crippen LogP contribution in [-0.4, -0.2) is 37.9 Å². The van der Waals surface area contributed by atoms with E-state index in [0.29, 0.717) is 13.0 Å². The van der Waals surface area contributed by atoms with Gasteiger partial charge in [-0.15, -0.1) is 0 Å². The number of carbonyl (C=O) groups is 1. The summed E-state index contributed by atoms with van der Waals surface area (Å²) in [7, 11) is 2.10. The van der Waals surface area contributed by atoms with E-state index in [2.05, 4.69) is 34.7 Å². The number of amides is 2. The van der Waals surface area contributed by atoms with Gasteiger partial charge in [0.05, 0.1) is 0 Å². The van der Waals surface area contributed by atoms with Gasteiger partial charge in [0.15, 0.2) is 0 Å². The molecule has 2 rings (SSSR count). The normalized spacial score (nSPS) is 15.3. The lowest BCUT2D eigenvalue weighted by atomic mass is 10.0. The van der Waals surface area contributed by atoms with Crippen molar-refractivity contribution in [1.82, 2.24) is 5.32 Å². The minimum Gasteiger partial charge on any atom is -0.396 e. The van der Waals surface area contributed by atoms with Crippen LogP contribution in [0.3, 0.4) is 0 Å². The molecule has 1 atom stereocenters. The number of rotatable bonds is 5. The fraction of sp³-hybridized carbons (Fsp3) is 0.562. The summed E-state index contributed by atoms with van der Waals surface area (Å²) in [5, 5.41) is 14.5. The predicted octanol–water partition coefficient (Wildman–Crippen LogP) is 2.21. The number of carbonyl (C=O) groups excluding carboxylic acids is 1. The number of urea groups is 1. The summed E-state index contributed by atoms with van der Waals surface area (Å²) in [5.41, 5.74) is 3.37. The number of anilines is 2. The Kier molecular flexibility index (Phi) is 5.44. The fourth-order valence-corrected chi connectivity index (χ4v) is 2.63. The monoisotopic (exact) mass is 291 g/mol. The van der Waals surface area contributed by atoms with Crippen molar-refractivity contribution >= 4 is 17.4 Å². The van der Waals surface area contributed by atoms with E-state index in [1.807, 2.05) is 13.0 Å². The van der Waals surface area contributed by atoms with Crippen LogP contribution in [0, 0.1) is 5.92 Å². The number of hydrogen-bond acceptors (Lipinski definition) is 3. The van der Waals surface area contributed by atoms with Crippen LogP contribution in [0.5, 0.6) is 0 Å². The molecule has 2 amide bonds. The minimum absolute atomic E-state index is 0.156. The molecule has 0 saturated carbocycles. The molecule has 0 aliphatic carbocycles. The van der Waals surface area contributed by atoms with Gasteiger partial charge in [-0.1, -0.05) is 6.92 Å². The van der Waals surface area contributed by atoms with Crippen molar-refractivity contribution in [2.24, 2.45) is 5.92 Å². The molecule has 1 aliphatic heterocycles. The smallest absolute Gasteiger partial charge is 0.319 e. The van der Waals surface area contributed by atoms with Crippen LogP contribution < -0.4 is 15.5 Å². The number of aliphatic hydroxyl groups excluding tert-OH is 1. The van der Waals surface area contributed by atoms with Crippen LogP contribution in [0.1, 0.15) is 25.3 Å². The zero-order valence-corrected chi connectivity index (χ0v) is 12.9. The molecule has 21 heavy (non-hydrogen) atoms. The highest BCUT2D eigenvalue weighted by Crippen LogP contribution is 2.28. The molecule has 5 heteroatoms. The molecule has 1 aromatic rings. The van der Waals surface area contributed by atoms with E-state index in [0.717, 1.165) is 25.1 Å². The molecular formula is C16H25N3O2. The lowest BCUT2D eigenvalue weighted by Crippen LogP contribution is -2.32. The third-order valence-corrected chi connectivity index (χ3v) is 3.92. The number of fused-ring (bicyclic) bond motifs is 1. The fourth-order valence-electron chi connectivity index (χ4n) is 2.63. The van der Waals surface area contributed by atoms with Crippen molar-refractivity contribution in [2.75, 3.05) is 37.0 Å². The molecule has 3 N–H and O–H groups in total. The highest BCUT2D eigenvalue weighted by atomic mass is 16.3. The Morgan fingerprint density at radius 1 is 1.48 bits per heavy atom. The van der Waals surface area contributed by atoms with Crippen molar-refractivity contribution in [2.45, 2.75) is 26.2 Å². The van der Waals surface area contributed by atoms with Crippen molar-refractivity contribution in [3.05, 3.63) is 23.8 Å². The van der Waals surface area contributed by atoms with Crippen LogP contribution in [0.25, 0.3) is 0 Å². The Morgan fingerprint density at radius 3 is 3.05 bits per heavy atom. The van der Waals surface area contributed by atoms with Gasteiger partial charge in [0.25, 0.3) is 0 Å². The van der Waals surface area contributed by atoms with Gasteiger partial charge in [-0.3, -0.25) is 0 Å². The van der Waals surface area contributed by atoms with Crippen molar-refractivity contribution in [1.29, 1.82) is 0 Å². The van der Waals surface area contributed by atoms with Crippen LogP contribution in [-0.2, 0) is 6.42 Å². The Bertz CT molecular complexity index is 490. The predicted molar refractivity (Wildman–Crippen MR) is 85.9 cm³/mol. The maximum atomic E-state index is 11.9. The van der Waals surface area contributed by atoms with Crippen molar-refractivity contribution in [3.8, 4) is 0 Å². The van der Waals surface area contributed by atoms with E-state index in [1.165, 1.54) is 11.3 Å². The average Bonchev–Trinajstić information content (AvgIpc) is 2.46. The number of nitrogens with one attached hydrogen (secondary N) is 2. The van der Waals surface area contributed by atoms with Gasteiger partial charge in [-0.25, -0.2) is 4.79 Å². The highest BCUT2D eigenvalue weighted by Gasteiger charge is 2.14. The first-order valence-corrected chi connectivity index (χ1v) is 7.60. The van der Waals surface area contributed by atoms with Gasteiger partial charge < -0.3 is 20.6 Å². The zero-order valence-electron chi connectivity index (χ0n) is 12.9. The molecule has 0 radical (unpaired) electrons. The molecule has 0 fully saturated rings. The van der Waals surface area contributed by atoms with E-state index in [9.17, 15) is 4.79 Å². The minimum atomic E-state index is -0.191. The standard InChI is InChI=1S/C16H25N3O2/c1-12(7-9-20)11-17-16(21)18-14-5-6-15-13(10-14)4-3-8-19(15)2/h5-6,10,12,20H,3-4,7-9,11H2,1-2H3,(H2,17,18,21). The summed E-state index contributed by atoms with van der Waals surface area (Å²) in [6, 6.07) is 5.88. The van der Waals surface area contributed by atoms with Gasteiger partial charge >= 0.3 is 6.03 Å². The second-order valence-corrected chi connectivity index (χ2v) is 5.82. The summed E-state index contributed by atoms with van der Waals surface area (Å²) < 4.78 is 0. The maximum absolute atomic E-state index is 11.9. The quantitative estimate of drug-likeness (QED) is 0.779. The van der Waals surface area contributed by atoms with Gasteiger partial charge in [-0.05, 0) is 48.9 Å².